The molecule has 0 saturated carbocycles. The predicted molar refractivity (Wildman–Crippen MR) is 70.2 cm³/mol. The van der Waals surface area contributed by atoms with Crippen molar-refractivity contribution in [2.45, 2.75) is 26.7 Å². The number of carboxylic acids is 1. The van der Waals surface area contributed by atoms with Gasteiger partial charge in [0.05, 0.1) is 10.8 Å². The highest BCUT2D eigenvalue weighted by atomic mass is 16.6. The van der Waals surface area contributed by atoms with Crippen LogP contribution in [0.3, 0.4) is 0 Å². The van der Waals surface area contributed by atoms with E-state index >= 15 is 0 Å². The molecule has 0 bridgehead atoms. The van der Waals surface area contributed by atoms with E-state index in [4.69, 9.17) is 5.11 Å². The molecule has 1 heterocycles. The Balaban J connectivity index is 2.55. The molecular formula is C12H17N3O4. The molecule has 0 aliphatic carbocycles. The summed E-state index contributed by atoms with van der Waals surface area (Å²) < 4.78 is 0. The molecule has 7 heteroatoms. The number of hydrogen-bond acceptors (Lipinski definition) is 5. The van der Waals surface area contributed by atoms with Crippen LogP contribution in [0.1, 0.15) is 25.5 Å². The van der Waals surface area contributed by atoms with Gasteiger partial charge in [0.1, 0.15) is 0 Å². The second-order valence-corrected chi connectivity index (χ2v) is 4.39. The third-order valence-corrected chi connectivity index (χ3v) is 2.74. The van der Waals surface area contributed by atoms with Crippen LogP contribution in [-0.4, -0.2) is 27.5 Å². The Kier molecular flexibility index (Phi) is 5.23. The zero-order chi connectivity index (χ0) is 14.4. The van der Waals surface area contributed by atoms with E-state index in [2.05, 4.69) is 10.3 Å². The summed E-state index contributed by atoms with van der Waals surface area (Å²) >= 11 is 0. The molecule has 0 saturated heterocycles. The van der Waals surface area contributed by atoms with Crippen LogP contribution in [0.15, 0.2) is 12.1 Å². The minimum Gasteiger partial charge on any atom is -0.481 e. The summed E-state index contributed by atoms with van der Waals surface area (Å²) in [6, 6.07) is 2.99. The number of nitrogens with zero attached hydrogens (tertiary/aromatic N) is 2. The van der Waals surface area contributed by atoms with E-state index in [1.165, 1.54) is 6.07 Å². The van der Waals surface area contributed by atoms with Gasteiger partial charge in [0, 0.05) is 18.3 Å². The maximum atomic E-state index is 10.8. The number of nitrogens with one attached hydrogen (secondary N) is 1. The molecule has 2 N–H and O–H groups in total. The Labute approximate surface area is 110 Å². The van der Waals surface area contributed by atoms with Crippen molar-refractivity contribution >= 4 is 17.5 Å². The molecule has 0 spiro atoms. The number of nitro groups is 1. The molecule has 19 heavy (non-hydrogen) atoms. The van der Waals surface area contributed by atoms with Crippen LogP contribution in [0.4, 0.5) is 11.5 Å². The number of aromatic nitrogens is 1. The molecular weight excluding hydrogens is 250 g/mol. The fourth-order valence-corrected chi connectivity index (χ4v) is 1.57. The molecule has 1 atom stereocenters. The SMILES string of the molecule is Cc1ccc([N+](=O)[O-])c(NCCCC(C)C(=O)O)n1. The molecule has 0 radical (unpaired) electrons. The van der Waals surface area contributed by atoms with Crippen LogP contribution in [0, 0.1) is 23.0 Å². The lowest BCUT2D eigenvalue weighted by atomic mass is 10.1. The van der Waals surface area contributed by atoms with Crippen molar-refractivity contribution in [1.82, 2.24) is 4.98 Å². The zero-order valence-corrected chi connectivity index (χ0v) is 10.9. The van der Waals surface area contributed by atoms with Gasteiger partial charge in [-0.3, -0.25) is 14.9 Å². The van der Waals surface area contributed by atoms with E-state index in [-0.39, 0.29) is 11.5 Å². The van der Waals surface area contributed by atoms with Crippen LogP contribution >= 0.6 is 0 Å². The Morgan fingerprint density at radius 1 is 1.58 bits per heavy atom. The van der Waals surface area contributed by atoms with Crippen molar-refractivity contribution in [3.05, 3.63) is 27.9 Å². The van der Waals surface area contributed by atoms with Gasteiger partial charge >= 0.3 is 11.7 Å². The highest BCUT2D eigenvalue weighted by Crippen LogP contribution is 2.21. The van der Waals surface area contributed by atoms with E-state index in [1.54, 1.807) is 19.9 Å². The Bertz CT molecular complexity index is 476. The number of aliphatic carboxylic acids is 1. The summed E-state index contributed by atoms with van der Waals surface area (Å²) in [6.07, 6.45) is 1.13. The standard InChI is InChI=1S/C12H17N3O4/c1-8(12(16)17)4-3-7-13-11-10(15(18)19)6-5-9(2)14-11/h5-6,8H,3-4,7H2,1-2H3,(H,13,14)(H,16,17). The molecule has 7 nitrogen and oxygen atoms in total. The average molecular weight is 267 g/mol. The van der Waals surface area contributed by atoms with Crippen LogP contribution in [0.25, 0.3) is 0 Å². The van der Waals surface area contributed by atoms with Gasteiger partial charge in [-0.25, -0.2) is 4.98 Å². The topological polar surface area (TPSA) is 105 Å². The Morgan fingerprint density at radius 3 is 2.84 bits per heavy atom. The van der Waals surface area contributed by atoms with Crippen LogP contribution in [0.5, 0.6) is 0 Å². The quantitative estimate of drug-likeness (QED) is 0.445. The molecule has 1 rings (SSSR count). The summed E-state index contributed by atoms with van der Waals surface area (Å²) in [5.41, 5.74) is 0.615. The third-order valence-electron chi connectivity index (χ3n) is 2.74. The highest BCUT2D eigenvalue weighted by Gasteiger charge is 2.15. The summed E-state index contributed by atoms with van der Waals surface area (Å²) in [5, 5.41) is 22.4. The number of aryl methyl sites for hydroxylation is 1. The van der Waals surface area contributed by atoms with Gasteiger partial charge in [-0.1, -0.05) is 6.92 Å². The normalized spacial score (nSPS) is 11.9. The number of carboxylic acid groups (broad SMARTS) is 1. The molecule has 1 aromatic rings. The first-order chi connectivity index (χ1) is 8.91. The summed E-state index contributed by atoms with van der Waals surface area (Å²) in [5.74, 6) is -1.02. The van der Waals surface area contributed by atoms with Gasteiger partial charge in [-0.05, 0) is 25.8 Å². The average Bonchev–Trinajstić information content (AvgIpc) is 2.33. The van der Waals surface area contributed by atoms with Crippen molar-refractivity contribution in [3.8, 4) is 0 Å². The van der Waals surface area contributed by atoms with Crippen LogP contribution in [0.2, 0.25) is 0 Å². The number of anilines is 1. The molecule has 104 valence electrons. The fraction of sp³-hybridized carbons (Fsp3) is 0.500. The van der Waals surface area contributed by atoms with Crippen LogP contribution in [-0.2, 0) is 4.79 Å². The van der Waals surface area contributed by atoms with Crippen molar-refractivity contribution in [2.24, 2.45) is 5.92 Å². The van der Waals surface area contributed by atoms with Gasteiger partial charge in [-0.15, -0.1) is 0 Å². The maximum Gasteiger partial charge on any atom is 0.311 e. The lowest BCUT2D eigenvalue weighted by molar-refractivity contribution is -0.384. The first-order valence-corrected chi connectivity index (χ1v) is 6.00. The lowest BCUT2D eigenvalue weighted by Crippen LogP contribution is -2.12. The first kappa shape index (κ1) is 14.9. The minimum absolute atomic E-state index is 0.0723. The second-order valence-electron chi connectivity index (χ2n) is 4.39. The van der Waals surface area contributed by atoms with Crippen molar-refractivity contribution in [3.63, 3.8) is 0 Å². The third kappa shape index (κ3) is 4.53. The molecule has 0 fully saturated rings. The number of carbonyl (C=O) groups is 1. The number of rotatable bonds is 7. The molecule has 0 aromatic carbocycles. The summed E-state index contributed by atoms with van der Waals surface area (Å²) in [6.45, 7) is 3.84. The fourth-order valence-electron chi connectivity index (χ4n) is 1.57. The summed E-state index contributed by atoms with van der Waals surface area (Å²) in [7, 11) is 0. The second kappa shape index (κ2) is 6.67. The van der Waals surface area contributed by atoms with Crippen molar-refractivity contribution in [1.29, 1.82) is 0 Å². The smallest absolute Gasteiger partial charge is 0.311 e. The van der Waals surface area contributed by atoms with Gasteiger partial charge < -0.3 is 10.4 Å². The Hall–Kier alpha value is -2.18. The van der Waals surface area contributed by atoms with Gasteiger partial charge in [0.25, 0.3) is 0 Å². The number of pyridine rings is 1. The zero-order valence-electron chi connectivity index (χ0n) is 10.9. The lowest BCUT2D eigenvalue weighted by Gasteiger charge is -2.08. The molecule has 0 amide bonds. The minimum atomic E-state index is -0.834. The van der Waals surface area contributed by atoms with Gasteiger partial charge in [0.15, 0.2) is 0 Å². The van der Waals surface area contributed by atoms with Crippen molar-refractivity contribution < 1.29 is 14.8 Å². The predicted octanol–water partition coefficient (Wildman–Crippen LogP) is 2.21. The summed E-state index contributed by atoms with van der Waals surface area (Å²) in [4.78, 5) is 25.0. The van der Waals surface area contributed by atoms with E-state index < -0.39 is 16.8 Å². The van der Waals surface area contributed by atoms with E-state index in [0.717, 1.165) is 0 Å². The largest absolute Gasteiger partial charge is 0.481 e. The van der Waals surface area contributed by atoms with Gasteiger partial charge in [0.2, 0.25) is 5.82 Å². The monoisotopic (exact) mass is 267 g/mol. The molecule has 1 aromatic heterocycles. The Morgan fingerprint density at radius 2 is 2.26 bits per heavy atom. The van der Waals surface area contributed by atoms with E-state index in [0.29, 0.717) is 25.1 Å². The van der Waals surface area contributed by atoms with E-state index in [9.17, 15) is 14.9 Å². The maximum absolute atomic E-state index is 10.8. The molecule has 0 aliphatic heterocycles. The number of hydrogen-bond donors (Lipinski definition) is 2. The first-order valence-electron chi connectivity index (χ1n) is 6.00. The van der Waals surface area contributed by atoms with Crippen LogP contribution < -0.4 is 5.32 Å². The van der Waals surface area contributed by atoms with Gasteiger partial charge in [-0.2, -0.15) is 0 Å². The van der Waals surface area contributed by atoms with E-state index in [1.807, 2.05) is 0 Å². The highest BCUT2D eigenvalue weighted by molar-refractivity contribution is 5.69. The molecule has 1 unspecified atom stereocenters. The molecule has 0 aliphatic rings. The van der Waals surface area contributed by atoms with Crippen molar-refractivity contribution in [2.75, 3.05) is 11.9 Å².